The van der Waals surface area contributed by atoms with Crippen LogP contribution in [0.2, 0.25) is 5.02 Å². The summed E-state index contributed by atoms with van der Waals surface area (Å²) in [6.45, 7) is 0.897. The second-order valence-electron chi connectivity index (χ2n) is 12.0. The average molecular weight is 683 g/mol. The van der Waals surface area contributed by atoms with E-state index < -0.39 is 36.3 Å². The molecule has 1 fully saturated rings. The average Bonchev–Trinajstić information content (AvgIpc) is 3.14. The van der Waals surface area contributed by atoms with Gasteiger partial charge in [-0.05, 0) is 39.9 Å². The van der Waals surface area contributed by atoms with Crippen LogP contribution >= 0.6 is 11.6 Å². The Balaban J connectivity index is 1.39. The van der Waals surface area contributed by atoms with E-state index >= 15 is 4.39 Å². The zero-order valence-electron chi connectivity index (χ0n) is 27.1. The van der Waals surface area contributed by atoms with Crippen molar-refractivity contribution in [1.82, 2.24) is 0 Å². The summed E-state index contributed by atoms with van der Waals surface area (Å²) in [5.41, 5.74) is 4.47. The molecule has 0 saturated carbocycles. The van der Waals surface area contributed by atoms with E-state index in [0.29, 0.717) is 12.2 Å². The van der Waals surface area contributed by atoms with Gasteiger partial charge in [0.05, 0.1) is 39.6 Å². The Morgan fingerprint density at radius 3 is 1.53 bits per heavy atom. The molecule has 6 nitrogen and oxygen atoms in total. The molecule has 1 heterocycles. The molecular weight excluding hydrogens is 643 g/mol. The molecule has 8 heteroatoms. The third-order valence-corrected chi connectivity index (χ3v) is 8.88. The lowest BCUT2D eigenvalue weighted by atomic mass is 9.89. The van der Waals surface area contributed by atoms with E-state index in [1.165, 1.54) is 6.07 Å². The lowest BCUT2D eigenvalue weighted by molar-refractivity contribution is -0.275. The summed E-state index contributed by atoms with van der Waals surface area (Å²) in [5.74, 6) is -0.574. The van der Waals surface area contributed by atoms with Crippen LogP contribution in [0.5, 0.6) is 0 Å². The second-order valence-corrected chi connectivity index (χ2v) is 12.4. The predicted octanol–water partition coefficient (Wildman–Crippen LogP) is 8.38. The van der Waals surface area contributed by atoms with Crippen molar-refractivity contribution in [3.63, 3.8) is 0 Å². The first-order chi connectivity index (χ1) is 24.1. The zero-order chi connectivity index (χ0) is 33.8. The van der Waals surface area contributed by atoms with Crippen molar-refractivity contribution in [1.29, 1.82) is 0 Å². The van der Waals surface area contributed by atoms with Crippen LogP contribution in [0.3, 0.4) is 0 Å². The summed E-state index contributed by atoms with van der Waals surface area (Å²) < 4.78 is 49.1. The van der Waals surface area contributed by atoms with Crippen molar-refractivity contribution >= 4 is 11.6 Å². The minimum absolute atomic E-state index is 0.130. The highest BCUT2D eigenvalue weighted by molar-refractivity contribution is 6.31. The van der Waals surface area contributed by atoms with Crippen LogP contribution in [0.25, 0.3) is 0 Å². The van der Waals surface area contributed by atoms with Crippen LogP contribution in [-0.4, -0.2) is 36.1 Å². The van der Waals surface area contributed by atoms with Gasteiger partial charge in [0.25, 0.3) is 0 Å². The molecule has 1 saturated heterocycles. The summed E-state index contributed by atoms with van der Waals surface area (Å²) in [6.07, 6.45) is -3.83. The molecule has 5 aromatic carbocycles. The number of hydrogen-bond acceptors (Lipinski definition) is 6. The number of aliphatic hydroxyl groups is 1. The number of ether oxygens (including phenoxy) is 5. The van der Waals surface area contributed by atoms with Crippen molar-refractivity contribution in [3.05, 3.63) is 178 Å². The van der Waals surface area contributed by atoms with Gasteiger partial charge in [-0.15, -0.1) is 0 Å². The van der Waals surface area contributed by atoms with Crippen molar-refractivity contribution in [2.75, 3.05) is 6.61 Å². The predicted molar refractivity (Wildman–Crippen MR) is 186 cm³/mol. The lowest BCUT2D eigenvalue weighted by Gasteiger charge is -2.46. The molecule has 49 heavy (non-hydrogen) atoms. The lowest BCUT2D eigenvalue weighted by Crippen LogP contribution is -2.58. The highest BCUT2D eigenvalue weighted by Crippen LogP contribution is 2.40. The first kappa shape index (κ1) is 34.9. The fourth-order valence-corrected chi connectivity index (χ4v) is 6.20. The SMILES string of the molecule is OCc1cc(C2O[C@H](COCc3ccccc3)[C@@H](OCc3ccccc3)[C@H](OCc3ccccc3)[C@H]2OCc2ccccc2)c(F)cc1Cl. The Morgan fingerprint density at radius 2 is 1.04 bits per heavy atom. The van der Waals surface area contributed by atoms with E-state index in [-0.39, 0.29) is 43.6 Å². The smallest absolute Gasteiger partial charge is 0.130 e. The highest BCUT2D eigenvalue weighted by Gasteiger charge is 2.49. The third-order valence-electron chi connectivity index (χ3n) is 8.53. The number of benzene rings is 5. The summed E-state index contributed by atoms with van der Waals surface area (Å²) >= 11 is 6.31. The molecule has 5 atom stereocenters. The Labute approximate surface area is 291 Å². The van der Waals surface area contributed by atoms with E-state index in [1.54, 1.807) is 6.07 Å². The normalized spacial score (nSPS) is 20.7. The minimum Gasteiger partial charge on any atom is -0.392 e. The number of halogens is 2. The van der Waals surface area contributed by atoms with E-state index in [4.69, 9.17) is 35.3 Å². The largest absolute Gasteiger partial charge is 0.392 e. The van der Waals surface area contributed by atoms with Crippen LogP contribution < -0.4 is 0 Å². The molecule has 0 radical (unpaired) electrons. The molecule has 0 aromatic heterocycles. The van der Waals surface area contributed by atoms with Crippen LogP contribution in [0.4, 0.5) is 4.39 Å². The maximum atomic E-state index is 15.9. The Hall–Kier alpha value is -3.92. The standard InChI is InChI=1S/C41H40ClFO6/c42-35-22-36(43)34(21-33(35)23-44)38-40(47-26-31-17-9-3-10-18-31)41(48-27-32-19-11-4-12-20-32)39(46-25-30-15-7-2-8-16-30)37(49-38)28-45-24-29-13-5-1-6-14-29/h1-22,37-41,44H,23-28H2/t37-,38?,39-,40+,41+/m1/s1. The van der Waals surface area contributed by atoms with Gasteiger partial charge in [0.1, 0.15) is 36.3 Å². The number of aliphatic hydroxyl groups excluding tert-OH is 1. The fourth-order valence-electron chi connectivity index (χ4n) is 5.99. The molecule has 1 aliphatic heterocycles. The van der Waals surface area contributed by atoms with Gasteiger partial charge in [-0.1, -0.05) is 133 Å². The van der Waals surface area contributed by atoms with Crippen LogP contribution in [0.1, 0.15) is 39.5 Å². The van der Waals surface area contributed by atoms with Crippen molar-refractivity contribution < 1.29 is 33.2 Å². The molecule has 0 aliphatic carbocycles. The third kappa shape index (κ3) is 9.41. The fraction of sp³-hybridized carbons (Fsp3) is 0.268. The van der Waals surface area contributed by atoms with Gasteiger partial charge in [0.2, 0.25) is 0 Å². The molecule has 0 amide bonds. The van der Waals surface area contributed by atoms with E-state index in [9.17, 15) is 5.11 Å². The van der Waals surface area contributed by atoms with E-state index in [1.807, 2.05) is 121 Å². The van der Waals surface area contributed by atoms with Crippen LogP contribution in [-0.2, 0) is 56.7 Å². The monoisotopic (exact) mass is 682 g/mol. The van der Waals surface area contributed by atoms with Gasteiger partial charge in [0.15, 0.2) is 0 Å². The highest BCUT2D eigenvalue weighted by atomic mass is 35.5. The van der Waals surface area contributed by atoms with Gasteiger partial charge in [0, 0.05) is 10.6 Å². The molecule has 1 aliphatic rings. The Morgan fingerprint density at radius 1 is 0.592 bits per heavy atom. The second kappa shape index (κ2) is 17.7. The van der Waals surface area contributed by atoms with Gasteiger partial charge < -0.3 is 28.8 Å². The molecular formula is C41H40ClFO6. The quantitative estimate of drug-likeness (QED) is 0.120. The molecule has 0 bridgehead atoms. The molecule has 5 aromatic rings. The van der Waals surface area contributed by atoms with Crippen molar-refractivity contribution in [2.24, 2.45) is 0 Å². The first-order valence-electron chi connectivity index (χ1n) is 16.4. The maximum Gasteiger partial charge on any atom is 0.130 e. The summed E-state index contributed by atoms with van der Waals surface area (Å²) in [6, 6.07) is 42.1. The zero-order valence-corrected chi connectivity index (χ0v) is 27.8. The molecule has 254 valence electrons. The van der Waals surface area contributed by atoms with Crippen molar-refractivity contribution in [2.45, 2.75) is 63.6 Å². The summed E-state index contributed by atoms with van der Waals surface area (Å²) in [4.78, 5) is 0. The van der Waals surface area contributed by atoms with Crippen LogP contribution in [0, 0.1) is 5.82 Å². The Bertz CT molecular complexity index is 1710. The Kier molecular flexibility index (Phi) is 12.6. The number of hydrogen-bond donors (Lipinski definition) is 1. The summed E-state index contributed by atoms with van der Waals surface area (Å²) in [5, 5.41) is 10.2. The molecule has 0 spiro atoms. The van der Waals surface area contributed by atoms with Gasteiger partial charge in [-0.3, -0.25) is 0 Å². The van der Waals surface area contributed by atoms with Crippen LogP contribution in [0.15, 0.2) is 133 Å². The van der Waals surface area contributed by atoms with Gasteiger partial charge in [-0.25, -0.2) is 4.39 Å². The first-order valence-corrected chi connectivity index (χ1v) is 16.8. The van der Waals surface area contributed by atoms with E-state index in [2.05, 4.69) is 0 Å². The summed E-state index contributed by atoms with van der Waals surface area (Å²) in [7, 11) is 0. The van der Waals surface area contributed by atoms with Crippen molar-refractivity contribution in [3.8, 4) is 0 Å². The number of rotatable bonds is 15. The maximum absolute atomic E-state index is 15.9. The minimum atomic E-state index is -0.950. The topological polar surface area (TPSA) is 66.4 Å². The van der Waals surface area contributed by atoms with Gasteiger partial charge >= 0.3 is 0 Å². The van der Waals surface area contributed by atoms with Gasteiger partial charge in [-0.2, -0.15) is 0 Å². The molecule has 1 N–H and O–H groups in total. The molecule has 1 unspecified atom stereocenters. The van der Waals surface area contributed by atoms with E-state index in [0.717, 1.165) is 22.3 Å². The molecule has 6 rings (SSSR count).